The lowest BCUT2D eigenvalue weighted by Gasteiger charge is -2.15. The minimum atomic E-state index is -0.385. The molecule has 1 atom stereocenters. The Kier molecular flexibility index (Phi) is 3.27. The molecule has 0 aliphatic heterocycles. The van der Waals surface area contributed by atoms with Crippen LogP contribution in [0.4, 0.5) is 11.4 Å². The predicted molar refractivity (Wildman–Crippen MR) is 68.5 cm³/mol. The number of hydrogen-bond acceptors (Lipinski definition) is 4. The molecule has 0 spiro atoms. The SMILES string of the molecule is Cc1cccc([N+](=O)[O-])c1NC(C)c1ncc[nH]1. The van der Waals surface area contributed by atoms with E-state index >= 15 is 0 Å². The van der Waals surface area contributed by atoms with E-state index in [1.165, 1.54) is 6.07 Å². The van der Waals surface area contributed by atoms with Gasteiger partial charge in [0.05, 0.1) is 11.0 Å². The van der Waals surface area contributed by atoms with Crippen LogP contribution in [0.5, 0.6) is 0 Å². The molecule has 0 bridgehead atoms. The third-order valence-electron chi connectivity index (χ3n) is 2.74. The van der Waals surface area contributed by atoms with Crippen molar-refractivity contribution >= 4 is 11.4 Å². The number of rotatable bonds is 4. The molecule has 2 aromatic rings. The molecule has 6 heteroatoms. The highest BCUT2D eigenvalue weighted by molar-refractivity contribution is 5.66. The van der Waals surface area contributed by atoms with Crippen molar-refractivity contribution in [2.75, 3.05) is 5.32 Å². The minimum absolute atomic E-state index is 0.0772. The summed E-state index contributed by atoms with van der Waals surface area (Å²) in [4.78, 5) is 17.7. The Balaban J connectivity index is 2.31. The minimum Gasteiger partial charge on any atom is -0.370 e. The maximum atomic E-state index is 11.0. The fourth-order valence-corrected chi connectivity index (χ4v) is 1.79. The summed E-state index contributed by atoms with van der Waals surface area (Å²) in [6.07, 6.45) is 3.37. The smallest absolute Gasteiger partial charge is 0.292 e. The summed E-state index contributed by atoms with van der Waals surface area (Å²) in [5, 5.41) is 14.1. The van der Waals surface area contributed by atoms with E-state index in [9.17, 15) is 10.1 Å². The van der Waals surface area contributed by atoms with Crippen LogP contribution in [0.3, 0.4) is 0 Å². The van der Waals surface area contributed by atoms with Crippen molar-refractivity contribution in [3.63, 3.8) is 0 Å². The molecule has 2 N–H and O–H groups in total. The lowest BCUT2D eigenvalue weighted by Crippen LogP contribution is -2.11. The summed E-state index contributed by atoms with van der Waals surface area (Å²) in [5.41, 5.74) is 1.45. The molecule has 0 fully saturated rings. The summed E-state index contributed by atoms with van der Waals surface area (Å²) >= 11 is 0. The average Bonchev–Trinajstić information content (AvgIpc) is 2.85. The zero-order valence-electron chi connectivity index (χ0n) is 10.2. The molecular formula is C12H14N4O2. The first-order valence-corrected chi connectivity index (χ1v) is 5.59. The lowest BCUT2D eigenvalue weighted by molar-refractivity contribution is -0.384. The highest BCUT2D eigenvalue weighted by Crippen LogP contribution is 2.30. The number of nitrogens with one attached hydrogen (secondary N) is 2. The van der Waals surface area contributed by atoms with Crippen LogP contribution in [0.2, 0.25) is 0 Å². The number of para-hydroxylation sites is 1. The van der Waals surface area contributed by atoms with Gasteiger partial charge in [0.25, 0.3) is 5.69 Å². The van der Waals surface area contributed by atoms with Crippen molar-refractivity contribution in [1.82, 2.24) is 9.97 Å². The molecule has 0 saturated heterocycles. The quantitative estimate of drug-likeness (QED) is 0.641. The van der Waals surface area contributed by atoms with Crippen LogP contribution in [-0.2, 0) is 0 Å². The van der Waals surface area contributed by atoms with Gasteiger partial charge in [-0.1, -0.05) is 12.1 Å². The molecule has 1 aromatic heterocycles. The Morgan fingerprint density at radius 2 is 2.28 bits per heavy atom. The Morgan fingerprint density at radius 3 is 2.89 bits per heavy atom. The lowest BCUT2D eigenvalue weighted by atomic mass is 10.1. The highest BCUT2D eigenvalue weighted by Gasteiger charge is 2.18. The number of nitro benzene ring substituents is 1. The van der Waals surface area contributed by atoms with Crippen LogP contribution in [0, 0.1) is 17.0 Å². The van der Waals surface area contributed by atoms with Crippen molar-refractivity contribution in [2.45, 2.75) is 19.9 Å². The number of H-pyrrole nitrogens is 1. The number of nitro groups is 1. The van der Waals surface area contributed by atoms with Gasteiger partial charge in [-0.05, 0) is 19.4 Å². The number of benzene rings is 1. The topological polar surface area (TPSA) is 83.8 Å². The van der Waals surface area contributed by atoms with Gasteiger partial charge in [0.15, 0.2) is 0 Å². The normalized spacial score (nSPS) is 12.1. The van der Waals surface area contributed by atoms with Gasteiger partial charge < -0.3 is 10.3 Å². The third kappa shape index (κ3) is 2.32. The van der Waals surface area contributed by atoms with E-state index in [0.29, 0.717) is 5.69 Å². The average molecular weight is 246 g/mol. The maximum Gasteiger partial charge on any atom is 0.292 e. The number of anilines is 1. The summed E-state index contributed by atoms with van der Waals surface area (Å²) in [6, 6.07) is 4.88. The zero-order chi connectivity index (χ0) is 13.1. The van der Waals surface area contributed by atoms with Crippen LogP contribution in [-0.4, -0.2) is 14.9 Å². The monoisotopic (exact) mass is 246 g/mol. The van der Waals surface area contributed by atoms with Crippen LogP contribution >= 0.6 is 0 Å². The van der Waals surface area contributed by atoms with Gasteiger partial charge in [0.2, 0.25) is 0 Å². The van der Waals surface area contributed by atoms with Crippen LogP contribution in [0.15, 0.2) is 30.6 Å². The highest BCUT2D eigenvalue weighted by atomic mass is 16.6. The molecule has 0 saturated carbocycles. The Bertz CT molecular complexity index is 551. The molecule has 0 aliphatic rings. The largest absolute Gasteiger partial charge is 0.370 e. The molecule has 94 valence electrons. The van der Waals surface area contributed by atoms with Crippen molar-refractivity contribution in [2.24, 2.45) is 0 Å². The van der Waals surface area contributed by atoms with Gasteiger partial charge in [0, 0.05) is 18.5 Å². The molecule has 0 aliphatic carbocycles. The van der Waals surface area contributed by atoms with Crippen molar-refractivity contribution in [1.29, 1.82) is 0 Å². The zero-order valence-corrected chi connectivity index (χ0v) is 10.2. The van der Waals surface area contributed by atoms with Crippen LogP contribution < -0.4 is 5.32 Å². The number of nitrogens with zero attached hydrogens (tertiary/aromatic N) is 2. The van der Waals surface area contributed by atoms with Crippen molar-refractivity contribution in [3.05, 3.63) is 52.1 Å². The van der Waals surface area contributed by atoms with Gasteiger partial charge >= 0.3 is 0 Å². The summed E-state index contributed by atoms with van der Waals surface area (Å²) in [5.74, 6) is 0.743. The molecule has 6 nitrogen and oxygen atoms in total. The van der Waals surface area contributed by atoms with E-state index in [0.717, 1.165) is 11.4 Å². The summed E-state index contributed by atoms with van der Waals surface area (Å²) in [6.45, 7) is 3.74. The molecule has 0 amide bonds. The number of aryl methyl sites for hydroxylation is 1. The molecule has 1 unspecified atom stereocenters. The van der Waals surface area contributed by atoms with Crippen LogP contribution in [0.1, 0.15) is 24.4 Å². The van der Waals surface area contributed by atoms with E-state index in [1.54, 1.807) is 18.5 Å². The summed E-state index contributed by atoms with van der Waals surface area (Å²) in [7, 11) is 0. The molecule has 2 rings (SSSR count). The van der Waals surface area contributed by atoms with Gasteiger partial charge in [-0.25, -0.2) is 4.98 Å². The fourth-order valence-electron chi connectivity index (χ4n) is 1.79. The maximum absolute atomic E-state index is 11.0. The fraction of sp³-hybridized carbons (Fsp3) is 0.250. The van der Waals surface area contributed by atoms with Gasteiger partial charge in [-0.15, -0.1) is 0 Å². The Labute approximate surface area is 104 Å². The first-order chi connectivity index (χ1) is 8.59. The standard InChI is InChI=1S/C12H14N4O2/c1-8-4-3-5-10(16(17)18)11(8)15-9(2)12-13-6-7-14-12/h3-7,9,15H,1-2H3,(H,13,14). The molecule has 18 heavy (non-hydrogen) atoms. The summed E-state index contributed by atoms with van der Waals surface area (Å²) < 4.78 is 0. The molecular weight excluding hydrogens is 232 g/mol. The van der Waals surface area contributed by atoms with E-state index in [1.807, 2.05) is 19.9 Å². The van der Waals surface area contributed by atoms with Gasteiger partial charge in [-0.2, -0.15) is 0 Å². The molecule has 1 aromatic carbocycles. The van der Waals surface area contributed by atoms with Gasteiger partial charge in [0.1, 0.15) is 11.5 Å². The number of imidazole rings is 1. The van der Waals surface area contributed by atoms with Crippen LogP contribution in [0.25, 0.3) is 0 Å². The first kappa shape index (κ1) is 12.1. The number of hydrogen-bond donors (Lipinski definition) is 2. The second kappa shape index (κ2) is 4.87. The second-order valence-electron chi connectivity index (χ2n) is 4.07. The van der Waals surface area contributed by atoms with Crippen molar-refractivity contribution < 1.29 is 4.92 Å². The number of aromatic amines is 1. The first-order valence-electron chi connectivity index (χ1n) is 5.59. The van der Waals surface area contributed by atoms with E-state index in [-0.39, 0.29) is 16.7 Å². The van der Waals surface area contributed by atoms with E-state index in [2.05, 4.69) is 15.3 Å². The molecule has 0 radical (unpaired) electrons. The third-order valence-corrected chi connectivity index (χ3v) is 2.74. The van der Waals surface area contributed by atoms with E-state index in [4.69, 9.17) is 0 Å². The second-order valence-corrected chi connectivity index (χ2v) is 4.07. The molecule has 1 heterocycles. The number of aromatic nitrogens is 2. The Hall–Kier alpha value is -2.37. The van der Waals surface area contributed by atoms with Crippen molar-refractivity contribution in [3.8, 4) is 0 Å². The van der Waals surface area contributed by atoms with Gasteiger partial charge in [-0.3, -0.25) is 10.1 Å². The Morgan fingerprint density at radius 1 is 1.50 bits per heavy atom. The predicted octanol–water partition coefficient (Wildman–Crippen LogP) is 2.80. The van der Waals surface area contributed by atoms with E-state index < -0.39 is 0 Å².